The number of aliphatic carboxylic acids is 1. The second-order valence-corrected chi connectivity index (χ2v) is 9.38. The Bertz CT molecular complexity index is 1210. The number of piperidine rings is 1. The molecule has 0 bridgehead atoms. The molecule has 210 valence electrons. The van der Waals surface area contributed by atoms with Crippen LogP contribution >= 0.6 is 0 Å². The summed E-state index contributed by atoms with van der Waals surface area (Å²) in [6.45, 7) is 13.1. The van der Waals surface area contributed by atoms with Crippen molar-refractivity contribution in [3.05, 3.63) is 102 Å². The summed E-state index contributed by atoms with van der Waals surface area (Å²) < 4.78 is 45.1. The molecule has 1 aliphatic heterocycles. The molecule has 1 saturated heterocycles. The molecule has 1 amide bonds. The lowest BCUT2D eigenvalue weighted by Gasteiger charge is -2.35. The second-order valence-electron chi connectivity index (χ2n) is 9.38. The third-order valence-corrected chi connectivity index (χ3v) is 6.55. The fourth-order valence-corrected chi connectivity index (χ4v) is 4.25. The first-order valence-corrected chi connectivity index (χ1v) is 12.4. The summed E-state index contributed by atoms with van der Waals surface area (Å²) in [6, 6.07) is 5.55. The van der Waals surface area contributed by atoms with Crippen LogP contribution in [0.25, 0.3) is 5.57 Å². The Morgan fingerprint density at radius 2 is 1.90 bits per heavy atom. The number of hydrogen-bond donors (Lipinski definition) is 1. The van der Waals surface area contributed by atoms with E-state index in [4.69, 9.17) is 9.84 Å². The first-order chi connectivity index (χ1) is 18.5. The van der Waals surface area contributed by atoms with E-state index < -0.39 is 23.7 Å². The molecule has 0 saturated carbocycles. The molecule has 0 atom stereocenters. The van der Waals surface area contributed by atoms with Gasteiger partial charge < -0.3 is 9.84 Å². The van der Waals surface area contributed by atoms with E-state index in [0.717, 1.165) is 24.0 Å². The SMILES string of the molecule is C=C/C(=C\C=C(/C)C(=O)O)N(CC1CCN(Cc2ccc(C)cc2C(=C)/C(F)=C\C(F)=C\F)CC1)C(=O)OC. The van der Waals surface area contributed by atoms with Crippen LogP contribution in [-0.4, -0.2) is 53.7 Å². The van der Waals surface area contributed by atoms with E-state index in [1.807, 2.05) is 19.1 Å². The molecule has 0 aliphatic carbocycles. The minimum absolute atomic E-state index is 0.0229. The van der Waals surface area contributed by atoms with Crippen molar-refractivity contribution >= 4 is 17.6 Å². The van der Waals surface area contributed by atoms with Crippen molar-refractivity contribution in [1.29, 1.82) is 0 Å². The van der Waals surface area contributed by atoms with Crippen molar-refractivity contribution < 1.29 is 32.6 Å². The minimum Gasteiger partial charge on any atom is -0.478 e. The summed E-state index contributed by atoms with van der Waals surface area (Å²) in [4.78, 5) is 27.3. The molecule has 0 spiro atoms. The van der Waals surface area contributed by atoms with Crippen LogP contribution in [0.1, 0.15) is 36.5 Å². The zero-order valence-corrected chi connectivity index (χ0v) is 22.6. The van der Waals surface area contributed by atoms with Crippen LogP contribution in [0.4, 0.5) is 18.0 Å². The highest BCUT2D eigenvalue weighted by molar-refractivity contribution is 5.86. The number of carboxylic acid groups (broad SMARTS) is 1. The monoisotopic (exact) mass is 544 g/mol. The highest BCUT2D eigenvalue weighted by Gasteiger charge is 2.26. The lowest BCUT2D eigenvalue weighted by Crippen LogP contribution is -2.40. The number of ether oxygens (including phenoxy) is 1. The number of halogens is 3. The predicted molar refractivity (Wildman–Crippen MR) is 146 cm³/mol. The second kappa shape index (κ2) is 14.9. The summed E-state index contributed by atoms with van der Waals surface area (Å²) in [5.74, 6) is -3.19. The Morgan fingerprint density at radius 3 is 2.46 bits per heavy atom. The van der Waals surface area contributed by atoms with Gasteiger partial charge in [0.1, 0.15) is 12.2 Å². The van der Waals surface area contributed by atoms with Crippen LogP contribution in [0.15, 0.2) is 84.9 Å². The normalized spacial score (nSPS) is 16.2. The first kappa shape index (κ1) is 31.4. The summed E-state index contributed by atoms with van der Waals surface area (Å²) in [6.07, 6.45) is 5.54. The van der Waals surface area contributed by atoms with Gasteiger partial charge in [-0.05, 0) is 69.0 Å². The average Bonchev–Trinajstić information content (AvgIpc) is 2.93. The number of carbonyl (C=O) groups excluding carboxylic acids is 1. The Hall–Kier alpha value is -3.85. The van der Waals surface area contributed by atoms with Crippen molar-refractivity contribution in [2.45, 2.75) is 33.2 Å². The Kier molecular flexibility index (Phi) is 12.0. The smallest absolute Gasteiger partial charge is 0.414 e. The highest BCUT2D eigenvalue weighted by atomic mass is 19.2. The molecule has 1 aromatic rings. The number of rotatable bonds is 11. The van der Waals surface area contributed by atoms with E-state index in [0.29, 0.717) is 43.5 Å². The predicted octanol–water partition coefficient (Wildman–Crippen LogP) is 7.02. The van der Waals surface area contributed by atoms with Gasteiger partial charge in [-0.2, -0.15) is 0 Å². The zero-order valence-electron chi connectivity index (χ0n) is 22.6. The molecule has 1 heterocycles. The van der Waals surface area contributed by atoms with E-state index >= 15 is 0 Å². The molecule has 6 nitrogen and oxygen atoms in total. The van der Waals surface area contributed by atoms with Gasteiger partial charge in [0.15, 0.2) is 5.83 Å². The van der Waals surface area contributed by atoms with Crippen LogP contribution in [0.5, 0.6) is 0 Å². The molecular weight excluding hydrogens is 509 g/mol. The number of carbonyl (C=O) groups is 2. The maximum Gasteiger partial charge on any atom is 0.414 e. The van der Waals surface area contributed by atoms with E-state index in [-0.39, 0.29) is 23.4 Å². The van der Waals surface area contributed by atoms with Gasteiger partial charge in [-0.1, -0.05) is 43.0 Å². The molecule has 1 N–H and O–H groups in total. The number of carboxylic acids is 1. The first-order valence-electron chi connectivity index (χ1n) is 12.4. The van der Waals surface area contributed by atoms with Gasteiger partial charge in [0.05, 0.1) is 7.11 Å². The number of aryl methyl sites for hydroxylation is 1. The van der Waals surface area contributed by atoms with Gasteiger partial charge in [0.25, 0.3) is 0 Å². The molecule has 39 heavy (non-hydrogen) atoms. The van der Waals surface area contributed by atoms with Crippen LogP contribution in [0, 0.1) is 12.8 Å². The van der Waals surface area contributed by atoms with E-state index in [1.54, 1.807) is 6.07 Å². The standard InChI is InChI=1S/C30H35F3N2O4/c1-6-26(10-8-21(3)29(36)37)35(30(38)39-5)18-23-11-13-34(14-12-23)19-24-9-7-20(2)15-27(24)22(4)28(33)16-25(32)17-31/h6-10,15-17,23H,1,4,11-14,18-19H2,2-3,5H3,(H,36,37)/b21-8+,25-17-,26-10+,28-16+. The van der Waals surface area contributed by atoms with Gasteiger partial charge in [-0.15, -0.1) is 0 Å². The van der Waals surface area contributed by atoms with Gasteiger partial charge in [0.2, 0.25) is 0 Å². The Balaban J connectivity index is 2.14. The quantitative estimate of drug-likeness (QED) is 0.239. The Morgan fingerprint density at radius 1 is 1.23 bits per heavy atom. The van der Waals surface area contributed by atoms with Crippen molar-refractivity contribution in [3.8, 4) is 0 Å². The molecular formula is C30H35F3N2O4. The van der Waals surface area contributed by atoms with Gasteiger partial charge in [-0.25, -0.2) is 22.8 Å². The number of allylic oxidation sites excluding steroid dienone is 7. The molecule has 1 aliphatic rings. The Labute approximate surface area is 227 Å². The number of benzene rings is 1. The van der Waals surface area contributed by atoms with Crippen LogP contribution in [0.3, 0.4) is 0 Å². The molecule has 9 heteroatoms. The van der Waals surface area contributed by atoms with Crippen molar-refractivity contribution in [2.24, 2.45) is 5.92 Å². The summed E-state index contributed by atoms with van der Waals surface area (Å²) >= 11 is 0. The van der Waals surface area contributed by atoms with Crippen LogP contribution < -0.4 is 0 Å². The topological polar surface area (TPSA) is 70.1 Å². The molecule has 1 fully saturated rings. The number of methoxy groups -OCH3 is 1. The number of nitrogens with zero attached hydrogens (tertiary/aromatic N) is 2. The lowest BCUT2D eigenvalue weighted by atomic mass is 9.93. The van der Waals surface area contributed by atoms with E-state index in [1.165, 1.54) is 37.2 Å². The molecule has 0 unspecified atom stereocenters. The van der Waals surface area contributed by atoms with Crippen LogP contribution in [0.2, 0.25) is 0 Å². The van der Waals surface area contributed by atoms with Gasteiger partial charge in [0, 0.05) is 36.0 Å². The fourth-order valence-electron chi connectivity index (χ4n) is 4.25. The van der Waals surface area contributed by atoms with Gasteiger partial charge >= 0.3 is 12.1 Å². The number of hydrogen-bond acceptors (Lipinski definition) is 4. The minimum atomic E-state index is -1.33. The molecule has 1 aromatic carbocycles. The highest BCUT2D eigenvalue weighted by Crippen LogP contribution is 2.30. The van der Waals surface area contributed by atoms with Crippen molar-refractivity contribution in [2.75, 3.05) is 26.7 Å². The zero-order chi connectivity index (χ0) is 29.1. The molecule has 0 radical (unpaired) electrons. The average molecular weight is 545 g/mol. The number of likely N-dealkylation sites (tertiary alicyclic amines) is 1. The third-order valence-electron chi connectivity index (χ3n) is 6.55. The lowest BCUT2D eigenvalue weighted by molar-refractivity contribution is -0.132. The maximum absolute atomic E-state index is 14.5. The molecule has 2 rings (SSSR count). The fraction of sp³-hybridized carbons (Fsp3) is 0.333. The van der Waals surface area contributed by atoms with Crippen LogP contribution in [-0.2, 0) is 16.1 Å². The largest absolute Gasteiger partial charge is 0.478 e. The summed E-state index contributed by atoms with van der Waals surface area (Å²) in [7, 11) is 1.28. The summed E-state index contributed by atoms with van der Waals surface area (Å²) in [5.41, 5.74) is 2.74. The third kappa shape index (κ3) is 9.14. The van der Waals surface area contributed by atoms with E-state index in [9.17, 15) is 22.8 Å². The maximum atomic E-state index is 14.5. The molecule has 0 aromatic heterocycles. The van der Waals surface area contributed by atoms with Crippen molar-refractivity contribution in [3.63, 3.8) is 0 Å². The van der Waals surface area contributed by atoms with Crippen molar-refractivity contribution in [1.82, 2.24) is 9.80 Å². The van der Waals surface area contributed by atoms with E-state index in [2.05, 4.69) is 18.1 Å². The van der Waals surface area contributed by atoms with Gasteiger partial charge in [-0.3, -0.25) is 9.80 Å². The number of amides is 1. The summed E-state index contributed by atoms with van der Waals surface area (Å²) in [5, 5.41) is 9.10.